The molecule has 2 rings (SSSR count). The monoisotopic (exact) mass is 346 g/mol. The Bertz CT molecular complexity index is 624. The van der Waals surface area contributed by atoms with E-state index in [-0.39, 0.29) is 10.8 Å². The standard InChI is InChI=1S/C21H27ClS/c1-20(2,14-16-6-12-19(23-5)13-7-16)15-21(3,4)17-8-10-18(22)11-9-17/h6-13H,14-15H2,1-5H3. The summed E-state index contributed by atoms with van der Waals surface area (Å²) in [5, 5.41) is 0.803. The van der Waals surface area contributed by atoms with Crippen LogP contribution in [-0.4, -0.2) is 6.26 Å². The van der Waals surface area contributed by atoms with Gasteiger partial charge in [0.05, 0.1) is 0 Å². The van der Waals surface area contributed by atoms with E-state index in [0.29, 0.717) is 0 Å². The van der Waals surface area contributed by atoms with Crippen molar-refractivity contribution in [3.63, 3.8) is 0 Å². The van der Waals surface area contributed by atoms with Gasteiger partial charge in [0, 0.05) is 9.92 Å². The van der Waals surface area contributed by atoms with Gasteiger partial charge in [0.15, 0.2) is 0 Å². The number of hydrogen-bond donors (Lipinski definition) is 0. The Morgan fingerprint density at radius 1 is 0.870 bits per heavy atom. The number of benzene rings is 2. The van der Waals surface area contributed by atoms with E-state index in [1.165, 1.54) is 16.0 Å². The van der Waals surface area contributed by atoms with Crippen molar-refractivity contribution in [1.82, 2.24) is 0 Å². The molecule has 2 aromatic rings. The Hall–Kier alpha value is -0.920. The van der Waals surface area contributed by atoms with Crippen LogP contribution in [0.25, 0.3) is 0 Å². The quantitative estimate of drug-likeness (QED) is 0.507. The van der Waals surface area contributed by atoms with E-state index >= 15 is 0 Å². The van der Waals surface area contributed by atoms with Crippen molar-refractivity contribution in [3.8, 4) is 0 Å². The zero-order valence-corrected chi connectivity index (χ0v) is 16.4. The minimum Gasteiger partial charge on any atom is -0.130 e. The van der Waals surface area contributed by atoms with Crippen molar-refractivity contribution in [2.75, 3.05) is 6.26 Å². The van der Waals surface area contributed by atoms with Crippen LogP contribution in [0.4, 0.5) is 0 Å². The fourth-order valence-corrected chi connectivity index (χ4v) is 4.09. The highest BCUT2D eigenvalue weighted by molar-refractivity contribution is 7.98. The lowest BCUT2D eigenvalue weighted by atomic mass is 9.69. The van der Waals surface area contributed by atoms with Gasteiger partial charge in [-0.1, -0.05) is 63.6 Å². The minimum absolute atomic E-state index is 0.132. The zero-order valence-electron chi connectivity index (χ0n) is 14.8. The highest BCUT2D eigenvalue weighted by Crippen LogP contribution is 2.39. The average Bonchev–Trinajstić information content (AvgIpc) is 2.47. The molecule has 0 nitrogen and oxygen atoms in total. The molecule has 0 aliphatic heterocycles. The first-order valence-corrected chi connectivity index (χ1v) is 9.71. The first kappa shape index (κ1) is 18.4. The van der Waals surface area contributed by atoms with Crippen LogP contribution in [0.3, 0.4) is 0 Å². The maximum absolute atomic E-state index is 6.03. The third kappa shape index (κ3) is 5.29. The summed E-state index contributed by atoms with van der Waals surface area (Å²) in [7, 11) is 0. The van der Waals surface area contributed by atoms with Gasteiger partial charge in [-0.3, -0.25) is 0 Å². The molecule has 2 heteroatoms. The van der Waals surface area contributed by atoms with E-state index in [4.69, 9.17) is 11.6 Å². The smallest absolute Gasteiger partial charge is 0.0406 e. The Labute approximate surface area is 150 Å². The van der Waals surface area contributed by atoms with Gasteiger partial charge in [0.1, 0.15) is 0 Å². The predicted octanol–water partition coefficient (Wildman–Crippen LogP) is 7.00. The molecular formula is C21H27ClS. The fraction of sp³-hybridized carbons (Fsp3) is 0.429. The molecule has 0 bridgehead atoms. The second-order valence-electron chi connectivity index (χ2n) is 7.76. The van der Waals surface area contributed by atoms with Crippen molar-refractivity contribution in [2.45, 2.75) is 50.8 Å². The van der Waals surface area contributed by atoms with Gasteiger partial charge >= 0.3 is 0 Å². The predicted molar refractivity (Wildman–Crippen MR) is 105 cm³/mol. The van der Waals surface area contributed by atoms with Crippen molar-refractivity contribution < 1.29 is 0 Å². The van der Waals surface area contributed by atoms with Crippen LogP contribution < -0.4 is 0 Å². The van der Waals surface area contributed by atoms with E-state index in [1.807, 2.05) is 12.1 Å². The fourth-order valence-electron chi connectivity index (χ4n) is 3.56. The van der Waals surface area contributed by atoms with E-state index in [2.05, 4.69) is 70.3 Å². The second kappa shape index (κ2) is 7.32. The van der Waals surface area contributed by atoms with E-state index in [1.54, 1.807) is 11.8 Å². The summed E-state index contributed by atoms with van der Waals surface area (Å²) in [4.78, 5) is 1.33. The summed E-state index contributed by atoms with van der Waals surface area (Å²) >= 11 is 7.82. The first-order chi connectivity index (χ1) is 10.7. The molecule has 124 valence electrons. The summed E-state index contributed by atoms with van der Waals surface area (Å²) in [6.45, 7) is 9.39. The molecule has 0 heterocycles. The Morgan fingerprint density at radius 3 is 1.96 bits per heavy atom. The van der Waals surface area contributed by atoms with Crippen LogP contribution in [0, 0.1) is 5.41 Å². The van der Waals surface area contributed by atoms with E-state index < -0.39 is 0 Å². The highest BCUT2D eigenvalue weighted by atomic mass is 35.5. The molecule has 0 saturated heterocycles. The molecule has 0 N–H and O–H groups in total. The maximum atomic E-state index is 6.03. The Kier molecular flexibility index (Phi) is 5.86. The normalized spacial score (nSPS) is 12.4. The number of halogens is 1. The molecule has 0 spiro atoms. The molecule has 23 heavy (non-hydrogen) atoms. The van der Waals surface area contributed by atoms with Crippen molar-refractivity contribution in [1.29, 1.82) is 0 Å². The van der Waals surface area contributed by atoms with Crippen molar-refractivity contribution >= 4 is 23.4 Å². The lowest BCUT2D eigenvalue weighted by molar-refractivity contribution is 0.255. The summed E-state index contributed by atoms with van der Waals surface area (Å²) in [5.41, 5.74) is 3.14. The summed E-state index contributed by atoms with van der Waals surface area (Å²) in [5.74, 6) is 0. The van der Waals surface area contributed by atoms with Gasteiger partial charge in [-0.2, -0.15) is 0 Å². The van der Waals surface area contributed by atoms with Gasteiger partial charge in [0.25, 0.3) is 0 Å². The Balaban J connectivity index is 2.10. The largest absolute Gasteiger partial charge is 0.130 e. The molecular weight excluding hydrogens is 320 g/mol. The molecule has 0 unspecified atom stereocenters. The van der Waals surface area contributed by atoms with Gasteiger partial charge in [0.2, 0.25) is 0 Å². The third-order valence-electron chi connectivity index (χ3n) is 4.39. The summed E-state index contributed by atoms with van der Waals surface area (Å²) in [6, 6.07) is 17.3. The SMILES string of the molecule is CSc1ccc(CC(C)(C)CC(C)(C)c2ccc(Cl)cc2)cc1. The van der Waals surface area contributed by atoms with Crippen LogP contribution in [0.2, 0.25) is 5.02 Å². The number of rotatable bonds is 6. The molecule has 0 aliphatic rings. The average molecular weight is 347 g/mol. The molecule has 0 fully saturated rings. The van der Waals surface area contributed by atoms with Crippen LogP contribution in [-0.2, 0) is 11.8 Å². The lowest BCUT2D eigenvalue weighted by Gasteiger charge is -2.35. The van der Waals surface area contributed by atoms with Crippen LogP contribution in [0.1, 0.15) is 45.2 Å². The highest BCUT2D eigenvalue weighted by Gasteiger charge is 2.30. The van der Waals surface area contributed by atoms with E-state index in [9.17, 15) is 0 Å². The van der Waals surface area contributed by atoms with Crippen LogP contribution >= 0.6 is 23.4 Å². The number of hydrogen-bond acceptors (Lipinski definition) is 1. The van der Waals surface area contributed by atoms with Gasteiger partial charge in [-0.15, -0.1) is 11.8 Å². The summed E-state index contributed by atoms with van der Waals surface area (Å²) in [6.07, 6.45) is 4.35. The summed E-state index contributed by atoms with van der Waals surface area (Å²) < 4.78 is 0. The topological polar surface area (TPSA) is 0 Å². The molecule has 0 atom stereocenters. The zero-order chi connectivity index (χ0) is 17.1. The van der Waals surface area contributed by atoms with Crippen molar-refractivity contribution in [3.05, 3.63) is 64.7 Å². The van der Waals surface area contributed by atoms with Gasteiger partial charge in [-0.05, 0) is 65.3 Å². The third-order valence-corrected chi connectivity index (χ3v) is 5.38. The van der Waals surface area contributed by atoms with E-state index in [0.717, 1.165) is 17.9 Å². The first-order valence-electron chi connectivity index (χ1n) is 8.11. The van der Waals surface area contributed by atoms with Gasteiger partial charge < -0.3 is 0 Å². The molecule has 0 saturated carbocycles. The minimum atomic E-state index is 0.132. The molecule has 0 radical (unpaired) electrons. The lowest BCUT2D eigenvalue weighted by Crippen LogP contribution is -2.28. The molecule has 0 aliphatic carbocycles. The van der Waals surface area contributed by atoms with Crippen LogP contribution in [0.5, 0.6) is 0 Å². The van der Waals surface area contributed by atoms with Gasteiger partial charge in [-0.25, -0.2) is 0 Å². The number of thioether (sulfide) groups is 1. The van der Waals surface area contributed by atoms with Crippen molar-refractivity contribution in [2.24, 2.45) is 5.41 Å². The molecule has 0 aromatic heterocycles. The maximum Gasteiger partial charge on any atom is 0.0406 e. The Morgan fingerprint density at radius 2 is 1.43 bits per heavy atom. The second-order valence-corrected chi connectivity index (χ2v) is 9.07. The molecule has 0 amide bonds. The van der Waals surface area contributed by atoms with Crippen LogP contribution in [0.15, 0.2) is 53.4 Å². The molecule has 2 aromatic carbocycles.